The summed E-state index contributed by atoms with van der Waals surface area (Å²) in [6.07, 6.45) is 3.44. The minimum absolute atomic E-state index is 0.0444. The van der Waals surface area contributed by atoms with Crippen LogP contribution in [0.15, 0.2) is 70.8 Å². The lowest BCUT2D eigenvalue weighted by atomic mass is 10.1. The van der Waals surface area contributed by atoms with Gasteiger partial charge in [0.1, 0.15) is 11.6 Å². The Bertz CT molecular complexity index is 1160. The second-order valence-corrected chi connectivity index (χ2v) is 8.52. The van der Waals surface area contributed by atoms with E-state index in [0.717, 1.165) is 35.4 Å². The first-order chi connectivity index (χ1) is 16.1. The molecule has 1 amide bonds. The number of benzene rings is 2. The molecule has 1 saturated heterocycles. The first-order valence-electron chi connectivity index (χ1n) is 10.7. The van der Waals surface area contributed by atoms with Gasteiger partial charge >= 0.3 is 0 Å². The highest BCUT2D eigenvalue weighted by atomic mass is 79.9. The Hall–Kier alpha value is -3.25. The maximum atomic E-state index is 12.7. The molecule has 1 N–H and O–H groups in total. The monoisotopic (exact) mass is 505 g/mol. The number of hydrogen-bond acceptors (Lipinski definition) is 5. The number of para-hydroxylation sites is 1. The molecule has 7 nitrogen and oxygen atoms in total. The van der Waals surface area contributed by atoms with E-state index in [0.29, 0.717) is 31.0 Å². The minimum Gasteiger partial charge on any atom is -0.379 e. The van der Waals surface area contributed by atoms with Crippen LogP contribution >= 0.6 is 15.9 Å². The van der Waals surface area contributed by atoms with Gasteiger partial charge in [-0.15, -0.1) is 0 Å². The van der Waals surface area contributed by atoms with Gasteiger partial charge in [-0.1, -0.05) is 46.3 Å². The molecule has 0 atom stereocenters. The third-order valence-electron chi connectivity index (χ3n) is 5.36. The van der Waals surface area contributed by atoms with Crippen LogP contribution in [0.5, 0.6) is 0 Å². The number of nitrogens with zero attached hydrogens (tertiary/aromatic N) is 4. The zero-order valence-electron chi connectivity index (χ0n) is 18.1. The zero-order valence-corrected chi connectivity index (χ0v) is 19.7. The van der Waals surface area contributed by atoms with Crippen LogP contribution < -0.4 is 5.32 Å². The van der Waals surface area contributed by atoms with E-state index in [-0.39, 0.29) is 11.5 Å². The molecule has 1 aromatic heterocycles. The Balaban J connectivity index is 1.58. The number of rotatable bonds is 7. The molecule has 0 radical (unpaired) electrons. The van der Waals surface area contributed by atoms with Gasteiger partial charge in [0.25, 0.3) is 5.91 Å². The highest BCUT2D eigenvalue weighted by Gasteiger charge is 2.16. The SMILES string of the molecule is N#C/C(=C\c1cn(-c2ccccc2)nc1-c1ccc(Br)cc1)C(=O)NCCN1CCOCC1. The van der Waals surface area contributed by atoms with Crippen molar-refractivity contribution in [2.24, 2.45) is 0 Å². The summed E-state index contributed by atoms with van der Waals surface area (Å²) in [5.74, 6) is -0.389. The van der Waals surface area contributed by atoms with Crippen molar-refractivity contribution in [1.82, 2.24) is 20.0 Å². The number of carbonyl (C=O) groups excluding carboxylic acids is 1. The number of nitrogens with one attached hydrogen (secondary N) is 1. The summed E-state index contributed by atoms with van der Waals surface area (Å²) >= 11 is 3.46. The van der Waals surface area contributed by atoms with Gasteiger partial charge in [-0.2, -0.15) is 10.4 Å². The van der Waals surface area contributed by atoms with Gasteiger partial charge < -0.3 is 10.1 Å². The molecular weight excluding hydrogens is 482 g/mol. The summed E-state index contributed by atoms with van der Waals surface area (Å²) in [5, 5.41) is 17.3. The lowest BCUT2D eigenvalue weighted by molar-refractivity contribution is -0.117. The van der Waals surface area contributed by atoms with E-state index in [1.165, 1.54) is 0 Å². The first kappa shape index (κ1) is 22.9. The van der Waals surface area contributed by atoms with E-state index in [1.54, 1.807) is 10.8 Å². The summed E-state index contributed by atoms with van der Waals surface area (Å²) in [5.41, 5.74) is 3.22. The van der Waals surface area contributed by atoms with E-state index in [1.807, 2.05) is 66.9 Å². The van der Waals surface area contributed by atoms with Crippen LogP contribution in [0.4, 0.5) is 0 Å². The maximum Gasteiger partial charge on any atom is 0.262 e. The summed E-state index contributed by atoms with van der Waals surface area (Å²) in [6, 6.07) is 19.6. The van der Waals surface area contributed by atoms with Gasteiger partial charge in [-0.3, -0.25) is 9.69 Å². The second-order valence-electron chi connectivity index (χ2n) is 7.60. The smallest absolute Gasteiger partial charge is 0.262 e. The molecule has 1 fully saturated rings. The van der Waals surface area contributed by atoms with E-state index in [9.17, 15) is 10.1 Å². The topological polar surface area (TPSA) is 83.2 Å². The largest absolute Gasteiger partial charge is 0.379 e. The highest BCUT2D eigenvalue weighted by Crippen LogP contribution is 2.27. The Morgan fingerprint density at radius 1 is 1.15 bits per heavy atom. The maximum absolute atomic E-state index is 12.7. The van der Waals surface area contributed by atoms with Gasteiger partial charge in [0.15, 0.2) is 0 Å². The average molecular weight is 506 g/mol. The quantitative estimate of drug-likeness (QED) is 0.391. The van der Waals surface area contributed by atoms with Crippen molar-refractivity contribution in [1.29, 1.82) is 5.26 Å². The summed E-state index contributed by atoms with van der Waals surface area (Å²) in [4.78, 5) is 14.9. The number of nitriles is 1. The first-order valence-corrected chi connectivity index (χ1v) is 11.5. The van der Waals surface area contributed by atoms with Crippen LogP contribution in [0.3, 0.4) is 0 Å². The molecule has 0 bridgehead atoms. The van der Waals surface area contributed by atoms with Gasteiger partial charge in [0.2, 0.25) is 0 Å². The minimum atomic E-state index is -0.389. The van der Waals surface area contributed by atoms with Crippen LogP contribution in [0.2, 0.25) is 0 Å². The van der Waals surface area contributed by atoms with E-state index in [4.69, 9.17) is 9.84 Å². The number of morpholine rings is 1. The van der Waals surface area contributed by atoms with Gasteiger partial charge in [-0.05, 0) is 30.3 Å². The fraction of sp³-hybridized carbons (Fsp3) is 0.240. The molecule has 8 heteroatoms. The van der Waals surface area contributed by atoms with Gasteiger partial charge in [0.05, 0.1) is 24.6 Å². The van der Waals surface area contributed by atoms with Crippen molar-refractivity contribution in [3.05, 3.63) is 76.4 Å². The van der Waals surface area contributed by atoms with Crippen LogP contribution in [0.1, 0.15) is 5.56 Å². The summed E-state index contributed by atoms with van der Waals surface area (Å²) in [7, 11) is 0. The predicted molar refractivity (Wildman–Crippen MR) is 131 cm³/mol. The molecule has 4 rings (SSSR count). The molecule has 2 aromatic carbocycles. The van der Waals surface area contributed by atoms with Crippen molar-refractivity contribution >= 4 is 27.9 Å². The molecule has 2 heterocycles. The van der Waals surface area contributed by atoms with Crippen molar-refractivity contribution in [3.63, 3.8) is 0 Å². The zero-order chi connectivity index (χ0) is 23.0. The Kier molecular flexibility index (Phi) is 7.68. The molecule has 1 aliphatic rings. The lowest BCUT2D eigenvalue weighted by Crippen LogP contribution is -2.41. The number of hydrogen-bond donors (Lipinski definition) is 1. The van der Waals surface area contributed by atoms with Crippen LogP contribution in [0, 0.1) is 11.3 Å². The highest BCUT2D eigenvalue weighted by molar-refractivity contribution is 9.10. The second kappa shape index (κ2) is 11.1. The lowest BCUT2D eigenvalue weighted by Gasteiger charge is -2.26. The van der Waals surface area contributed by atoms with Gasteiger partial charge in [-0.25, -0.2) is 4.68 Å². The molecular formula is C25H24BrN5O2. The summed E-state index contributed by atoms with van der Waals surface area (Å²) < 4.78 is 8.07. The molecule has 0 aliphatic carbocycles. The van der Waals surface area contributed by atoms with E-state index >= 15 is 0 Å². The number of aromatic nitrogens is 2. The average Bonchev–Trinajstić information content (AvgIpc) is 3.28. The molecule has 1 aliphatic heterocycles. The fourth-order valence-corrected chi connectivity index (χ4v) is 3.85. The molecule has 168 valence electrons. The predicted octanol–water partition coefficient (Wildman–Crippen LogP) is 3.66. The van der Waals surface area contributed by atoms with Crippen molar-refractivity contribution in [3.8, 4) is 23.0 Å². The molecule has 0 saturated carbocycles. The van der Waals surface area contributed by atoms with E-state index in [2.05, 4.69) is 26.1 Å². The van der Waals surface area contributed by atoms with Crippen LogP contribution in [-0.4, -0.2) is 60.0 Å². The third kappa shape index (κ3) is 5.96. The van der Waals surface area contributed by atoms with Crippen molar-refractivity contribution < 1.29 is 9.53 Å². The van der Waals surface area contributed by atoms with Crippen molar-refractivity contribution in [2.75, 3.05) is 39.4 Å². The Morgan fingerprint density at radius 3 is 2.58 bits per heavy atom. The van der Waals surface area contributed by atoms with Crippen LogP contribution in [-0.2, 0) is 9.53 Å². The normalized spacial score (nSPS) is 14.6. The fourth-order valence-electron chi connectivity index (χ4n) is 3.59. The van der Waals surface area contributed by atoms with Crippen LogP contribution in [0.25, 0.3) is 23.0 Å². The molecule has 33 heavy (non-hydrogen) atoms. The van der Waals surface area contributed by atoms with Gasteiger partial charge in [0, 0.05) is 48.0 Å². The number of ether oxygens (including phenoxy) is 1. The number of halogens is 1. The molecule has 3 aromatic rings. The summed E-state index contributed by atoms with van der Waals surface area (Å²) in [6.45, 7) is 4.33. The molecule has 0 unspecified atom stereocenters. The number of carbonyl (C=O) groups is 1. The van der Waals surface area contributed by atoms with Crippen molar-refractivity contribution in [2.45, 2.75) is 0 Å². The van der Waals surface area contributed by atoms with E-state index < -0.39 is 0 Å². The standard InChI is InChI=1S/C25H24BrN5O2/c26-22-8-6-19(7-9-22)24-21(18-31(29-24)23-4-2-1-3-5-23)16-20(17-27)25(32)28-10-11-30-12-14-33-15-13-30/h1-9,16,18H,10-15H2,(H,28,32)/b20-16+. The Labute approximate surface area is 201 Å². The molecule has 0 spiro atoms. The number of amides is 1. The third-order valence-corrected chi connectivity index (χ3v) is 5.89. The Morgan fingerprint density at radius 2 is 1.88 bits per heavy atom.